The zero-order valence-corrected chi connectivity index (χ0v) is 21.1. The van der Waals surface area contributed by atoms with Crippen LogP contribution in [0.4, 0.5) is 5.13 Å². The Morgan fingerprint density at radius 1 is 1.03 bits per heavy atom. The van der Waals surface area contributed by atoms with Gasteiger partial charge in [0.15, 0.2) is 15.0 Å². The fourth-order valence-corrected chi connectivity index (χ4v) is 5.67. The van der Waals surface area contributed by atoms with E-state index in [4.69, 9.17) is 4.98 Å². The number of thiazole rings is 1. The molecule has 8 heteroatoms. The second kappa shape index (κ2) is 10.0. The first-order valence-electron chi connectivity index (χ1n) is 11.2. The molecule has 0 unspecified atom stereocenters. The number of benzene rings is 2. The zero-order valence-electron chi connectivity index (χ0n) is 19.4. The number of pyridine rings is 1. The number of fused-ring (bicyclic) bond motifs is 1. The number of hydrogen-bond acceptors (Lipinski definition) is 6. The van der Waals surface area contributed by atoms with Crippen molar-refractivity contribution in [1.29, 1.82) is 0 Å². The lowest BCUT2D eigenvalue weighted by atomic mass is 10.1. The van der Waals surface area contributed by atoms with Gasteiger partial charge in [0.1, 0.15) is 0 Å². The van der Waals surface area contributed by atoms with E-state index in [1.165, 1.54) is 16.9 Å². The van der Waals surface area contributed by atoms with E-state index in [0.717, 1.165) is 27.8 Å². The maximum atomic E-state index is 13.5. The van der Waals surface area contributed by atoms with E-state index in [2.05, 4.69) is 24.0 Å². The van der Waals surface area contributed by atoms with Crippen molar-refractivity contribution in [3.63, 3.8) is 0 Å². The first-order valence-corrected chi connectivity index (χ1v) is 13.6. The number of sulfone groups is 1. The predicted molar refractivity (Wildman–Crippen MR) is 137 cm³/mol. The second-order valence-electron chi connectivity index (χ2n) is 8.41. The average Bonchev–Trinajstić information content (AvgIpc) is 3.26. The summed E-state index contributed by atoms with van der Waals surface area (Å²) < 4.78 is 25.9. The zero-order chi connectivity index (χ0) is 24.3. The quantitative estimate of drug-likeness (QED) is 0.337. The van der Waals surface area contributed by atoms with Gasteiger partial charge < -0.3 is 0 Å². The summed E-state index contributed by atoms with van der Waals surface area (Å²) >= 11 is 1.50. The van der Waals surface area contributed by atoms with Gasteiger partial charge in [0.2, 0.25) is 5.91 Å². The summed E-state index contributed by atoms with van der Waals surface area (Å²) in [4.78, 5) is 24.3. The number of carbonyl (C=O) groups excluding carboxylic acids is 1. The normalized spacial score (nSPS) is 11.8. The van der Waals surface area contributed by atoms with Crippen LogP contribution in [0.25, 0.3) is 10.2 Å². The molecule has 2 aromatic carbocycles. The number of rotatable bonds is 8. The minimum Gasteiger partial charge on any atom is -0.283 e. The van der Waals surface area contributed by atoms with Crippen molar-refractivity contribution in [1.82, 2.24) is 9.97 Å². The van der Waals surface area contributed by atoms with Crippen molar-refractivity contribution in [3.8, 4) is 0 Å². The van der Waals surface area contributed by atoms with E-state index < -0.39 is 15.1 Å². The van der Waals surface area contributed by atoms with Crippen LogP contribution in [0.5, 0.6) is 0 Å². The highest BCUT2D eigenvalue weighted by molar-refractivity contribution is 7.92. The number of anilines is 1. The number of carbonyl (C=O) groups is 1. The SMILES string of the molecule is CCc1ccc2nc(N(Cc3cccnc3)C(=O)Cc3ccc(S(=O)(=O)C(C)C)cc3)sc2c1. The minimum atomic E-state index is -3.35. The third kappa shape index (κ3) is 5.18. The van der Waals surface area contributed by atoms with Crippen LogP contribution in [0.15, 0.2) is 71.9 Å². The van der Waals surface area contributed by atoms with E-state index in [1.54, 1.807) is 55.4 Å². The second-order valence-corrected chi connectivity index (χ2v) is 11.9. The van der Waals surface area contributed by atoms with E-state index >= 15 is 0 Å². The molecule has 0 atom stereocenters. The van der Waals surface area contributed by atoms with Crippen molar-refractivity contribution in [3.05, 3.63) is 83.7 Å². The summed E-state index contributed by atoms with van der Waals surface area (Å²) in [6.07, 6.45) is 4.52. The third-order valence-corrected chi connectivity index (χ3v) is 8.88. The molecule has 0 aliphatic carbocycles. The topological polar surface area (TPSA) is 80.2 Å². The molecule has 0 saturated heterocycles. The van der Waals surface area contributed by atoms with Gasteiger partial charge in [-0.2, -0.15) is 0 Å². The summed E-state index contributed by atoms with van der Waals surface area (Å²) in [5, 5.41) is 0.137. The van der Waals surface area contributed by atoms with Gasteiger partial charge in [0, 0.05) is 12.4 Å². The predicted octanol–water partition coefficient (Wildman–Crippen LogP) is 5.21. The summed E-state index contributed by atoms with van der Waals surface area (Å²) in [6, 6.07) is 16.5. The van der Waals surface area contributed by atoms with Crippen LogP contribution in [0, 0.1) is 0 Å². The number of nitrogens with zero attached hydrogens (tertiary/aromatic N) is 3. The lowest BCUT2D eigenvalue weighted by molar-refractivity contribution is -0.118. The van der Waals surface area contributed by atoms with Crippen molar-refractivity contribution >= 4 is 42.4 Å². The van der Waals surface area contributed by atoms with Gasteiger partial charge in [-0.1, -0.05) is 42.5 Å². The Kier molecular flexibility index (Phi) is 7.09. The molecule has 4 aromatic rings. The van der Waals surface area contributed by atoms with E-state index in [0.29, 0.717) is 11.7 Å². The molecule has 176 valence electrons. The first-order chi connectivity index (χ1) is 16.3. The van der Waals surface area contributed by atoms with Crippen LogP contribution in [-0.2, 0) is 34.0 Å². The molecule has 0 radical (unpaired) electrons. The Balaban J connectivity index is 1.63. The number of hydrogen-bond donors (Lipinski definition) is 0. The molecule has 0 N–H and O–H groups in total. The molecule has 0 bridgehead atoms. The summed E-state index contributed by atoms with van der Waals surface area (Å²) in [5.41, 5.74) is 3.75. The molecule has 6 nitrogen and oxygen atoms in total. The largest absolute Gasteiger partial charge is 0.283 e. The highest BCUT2D eigenvalue weighted by Gasteiger charge is 2.22. The first kappa shape index (κ1) is 24.0. The van der Waals surface area contributed by atoms with Gasteiger partial charge in [0.05, 0.1) is 33.3 Å². The average molecular weight is 494 g/mol. The fourth-order valence-electron chi connectivity index (χ4n) is 3.57. The van der Waals surface area contributed by atoms with Crippen molar-refractivity contribution in [2.75, 3.05) is 4.90 Å². The Bertz CT molecular complexity index is 1400. The number of aryl methyl sites for hydroxylation is 1. The van der Waals surface area contributed by atoms with Gasteiger partial charge in [-0.05, 0) is 67.3 Å². The van der Waals surface area contributed by atoms with Crippen molar-refractivity contribution in [2.24, 2.45) is 0 Å². The highest BCUT2D eigenvalue weighted by atomic mass is 32.2. The highest BCUT2D eigenvalue weighted by Crippen LogP contribution is 2.31. The molecule has 2 heterocycles. The van der Waals surface area contributed by atoms with Gasteiger partial charge in [-0.3, -0.25) is 14.7 Å². The maximum absolute atomic E-state index is 13.5. The molecular formula is C26H27N3O3S2. The molecule has 0 saturated carbocycles. The van der Waals surface area contributed by atoms with Crippen molar-refractivity contribution < 1.29 is 13.2 Å². The molecule has 34 heavy (non-hydrogen) atoms. The van der Waals surface area contributed by atoms with Crippen LogP contribution in [0.2, 0.25) is 0 Å². The maximum Gasteiger partial charge on any atom is 0.233 e. The van der Waals surface area contributed by atoms with Crippen LogP contribution in [0.3, 0.4) is 0 Å². The van der Waals surface area contributed by atoms with Crippen molar-refractivity contribution in [2.45, 2.75) is 50.3 Å². The molecule has 0 aliphatic rings. The summed E-state index contributed by atoms with van der Waals surface area (Å²) in [5.74, 6) is -0.113. The molecule has 0 fully saturated rings. The van der Waals surface area contributed by atoms with Gasteiger partial charge >= 0.3 is 0 Å². The third-order valence-electron chi connectivity index (χ3n) is 5.67. The molecule has 1 amide bonds. The monoisotopic (exact) mass is 493 g/mol. The van der Waals surface area contributed by atoms with E-state index in [9.17, 15) is 13.2 Å². The molecule has 0 aliphatic heterocycles. The van der Waals surface area contributed by atoms with Gasteiger partial charge in [-0.25, -0.2) is 13.4 Å². The Morgan fingerprint density at radius 3 is 2.41 bits per heavy atom. The molecular weight excluding hydrogens is 466 g/mol. The smallest absolute Gasteiger partial charge is 0.233 e. The van der Waals surface area contributed by atoms with Crippen LogP contribution >= 0.6 is 11.3 Å². The number of amides is 1. The Labute approximate surface area is 204 Å². The number of aromatic nitrogens is 2. The van der Waals surface area contributed by atoms with Gasteiger partial charge in [-0.15, -0.1) is 0 Å². The summed E-state index contributed by atoms with van der Waals surface area (Å²) in [7, 11) is -3.35. The molecule has 2 aromatic heterocycles. The van der Waals surface area contributed by atoms with E-state index in [-0.39, 0.29) is 17.2 Å². The van der Waals surface area contributed by atoms with Crippen LogP contribution in [-0.4, -0.2) is 29.5 Å². The molecule has 4 rings (SSSR count). The van der Waals surface area contributed by atoms with E-state index in [1.807, 2.05) is 18.2 Å². The lowest BCUT2D eigenvalue weighted by Gasteiger charge is -2.20. The van der Waals surface area contributed by atoms with Crippen LogP contribution in [0.1, 0.15) is 37.5 Å². The van der Waals surface area contributed by atoms with Crippen LogP contribution < -0.4 is 4.90 Å². The fraction of sp³-hybridized carbons (Fsp3) is 0.269. The Morgan fingerprint density at radius 2 is 1.76 bits per heavy atom. The minimum absolute atomic E-state index is 0.113. The standard InChI is InChI=1S/C26H27N3O3S2/c1-4-19-9-12-23-24(14-19)33-26(28-23)29(17-21-6-5-13-27-16-21)25(30)15-20-7-10-22(11-8-20)34(31,32)18(2)3/h5-14,16,18H,4,15,17H2,1-3H3. The molecule has 0 spiro atoms. The lowest BCUT2D eigenvalue weighted by Crippen LogP contribution is -2.31. The summed E-state index contributed by atoms with van der Waals surface area (Å²) in [6.45, 7) is 5.78. The van der Waals surface area contributed by atoms with Gasteiger partial charge in [0.25, 0.3) is 0 Å². The Hall–Kier alpha value is -3.10.